The summed E-state index contributed by atoms with van der Waals surface area (Å²) in [5.74, 6) is -0.434. The topological polar surface area (TPSA) is 88.2 Å². The van der Waals surface area contributed by atoms with Gasteiger partial charge in [-0.25, -0.2) is 13.4 Å². The maximum absolute atomic E-state index is 12.7. The molecule has 0 fully saturated rings. The van der Waals surface area contributed by atoms with Crippen molar-refractivity contribution >= 4 is 50.6 Å². The number of aromatic nitrogens is 1. The van der Waals surface area contributed by atoms with Crippen molar-refractivity contribution in [3.63, 3.8) is 0 Å². The highest BCUT2D eigenvalue weighted by Crippen LogP contribution is 2.30. The number of pyridine rings is 1. The summed E-state index contributed by atoms with van der Waals surface area (Å²) < 4.78 is 27.6. The first kappa shape index (κ1) is 19.2. The number of carbonyl (C=O) groups excluding carboxylic acids is 1. The summed E-state index contributed by atoms with van der Waals surface area (Å²) in [5.41, 5.74) is 0.524. The lowest BCUT2D eigenvalue weighted by Gasteiger charge is -2.12. The van der Waals surface area contributed by atoms with Crippen LogP contribution in [-0.4, -0.2) is 19.3 Å². The molecule has 1 aromatic heterocycles. The molecule has 0 atom stereocenters. The average molecular weight is 422 g/mol. The van der Waals surface area contributed by atoms with Crippen LogP contribution in [0.2, 0.25) is 10.0 Å². The van der Waals surface area contributed by atoms with Gasteiger partial charge in [0.05, 0.1) is 15.6 Å². The standard InChI is InChI=1S/C18H13Cl2N3O3S/c19-14-11-15(20)16(27(25,26)23-17-8-4-5-9-21-17)10-13(14)18(24)22-12-6-2-1-3-7-12/h1-11H,(H,21,23)(H,22,24). The lowest BCUT2D eigenvalue weighted by Crippen LogP contribution is -2.17. The molecule has 0 radical (unpaired) electrons. The predicted octanol–water partition coefficient (Wildman–Crippen LogP) is 4.44. The Morgan fingerprint density at radius 1 is 0.926 bits per heavy atom. The highest BCUT2D eigenvalue weighted by molar-refractivity contribution is 7.92. The van der Waals surface area contributed by atoms with Gasteiger partial charge in [-0.1, -0.05) is 47.5 Å². The lowest BCUT2D eigenvalue weighted by molar-refractivity contribution is 0.102. The zero-order valence-corrected chi connectivity index (χ0v) is 16.0. The second-order valence-electron chi connectivity index (χ2n) is 5.40. The molecule has 3 rings (SSSR count). The Bertz CT molecular complexity index is 1080. The van der Waals surface area contributed by atoms with Crippen LogP contribution in [0.3, 0.4) is 0 Å². The molecule has 3 aromatic rings. The number of hydrogen-bond acceptors (Lipinski definition) is 4. The normalized spacial score (nSPS) is 11.0. The van der Waals surface area contributed by atoms with Gasteiger partial charge in [0.1, 0.15) is 10.7 Å². The molecule has 2 N–H and O–H groups in total. The van der Waals surface area contributed by atoms with Crippen molar-refractivity contribution < 1.29 is 13.2 Å². The molecule has 9 heteroatoms. The van der Waals surface area contributed by atoms with Crippen molar-refractivity contribution in [3.8, 4) is 0 Å². The van der Waals surface area contributed by atoms with Gasteiger partial charge in [-0.2, -0.15) is 0 Å². The van der Waals surface area contributed by atoms with Crippen LogP contribution in [0.4, 0.5) is 11.5 Å². The maximum Gasteiger partial charge on any atom is 0.264 e. The number of carbonyl (C=O) groups is 1. The first-order valence-electron chi connectivity index (χ1n) is 7.66. The quantitative estimate of drug-likeness (QED) is 0.636. The summed E-state index contributed by atoms with van der Waals surface area (Å²) >= 11 is 12.2. The Morgan fingerprint density at radius 2 is 1.63 bits per heavy atom. The van der Waals surface area contributed by atoms with Crippen LogP contribution in [0.5, 0.6) is 0 Å². The molecule has 0 aliphatic heterocycles. The first-order valence-corrected chi connectivity index (χ1v) is 9.90. The van der Waals surface area contributed by atoms with Gasteiger partial charge in [-0.3, -0.25) is 9.52 Å². The fraction of sp³-hybridized carbons (Fsp3) is 0. The number of anilines is 2. The van der Waals surface area contributed by atoms with E-state index in [1.165, 1.54) is 18.3 Å². The molecular formula is C18H13Cl2N3O3S. The van der Waals surface area contributed by atoms with Crippen molar-refractivity contribution in [1.29, 1.82) is 0 Å². The van der Waals surface area contributed by atoms with Crippen LogP contribution >= 0.6 is 23.2 Å². The minimum absolute atomic E-state index is 0.0219. The lowest BCUT2D eigenvalue weighted by atomic mass is 10.2. The summed E-state index contributed by atoms with van der Waals surface area (Å²) in [7, 11) is -4.07. The maximum atomic E-state index is 12.7. The summed E-state index contributed by atoms with van der Waals surface area (Å²) in [6.45, 7) is 0. The van der Waals surface area contributed by atoms with Crippen molar-refractivity contribution in [2.45, 2.75) is 4.90 Å². The third kappa shape index (κ3) is 4.57. The molecule has 0 unspecified atom stereocenters. The second kappa shape index (κ2) is 7.96. The Hall–Kier alpha value is -2.61. The summed E-state index contributed by atoms with van der Waals surface area (Å²) in [4.78, 5) is 16.1. The minimum Gasteiger partial charge on any atom is -0.322 e. The molecule has 1 amide bonds. The molecule has 0 aliphatic rings. The monoisotopic (exact) mass is 421 g/mol. The number of rotatable bonds is 5. The molecule has 138 valence electrons. The first-order chi connectivity index (χ1) is 12.9. The van der Waals surface area contributed by atoms with Gasteiger partial charge < -0.3 is 5.32 Å². The molecule has 2 aromatic carbocycles. The molecule has 1 heterocycles. The van der Waals surface area contributed by atoms with Crippen LogP contribution < -0.4 is 10.0 Å². The van der Waals surface area contributed by atoms with E-state index in [0.717, 1.165) is 6.07 Å². The van der Waals surface area contributed by atoms with Crippen LogP contribution in [-0.2, 0) is 10.0 Å². The molecular weight excluding hydrogens is 409 g/mol. The van der Waals surface area contributed by atoms with E-state index in [0.29, 0.717) is 5.69 Å². The Balaban J connectivity index is 1.95. The van der Waals surface area contributed by atoms with Crippen LogP contribution in [0.1, 0.15) is 10.4 Å². The van der Waals surface area contributed by atoms with E-state index in [1.54, 1.807) is 42.5 Å². The van der Waals surface area contributed by atoms with Gasteiger partial charge in [-0.15, -0.1) is 0 Å². The number of amides is 1. The number of halogens is 2. The average Bonchev–Trinajstić information content (AvgIpc) is 2.62. The number of para-hydroxylation sites is 1. The summed E-state index contributed by atoms with van der Waals surface area (Å²) in [6, 6.07) is 15.8. The number of sulfonamides is 1. The molecule has 27 heavy (non-hydrogen) atoms. The number of nitrogens with one attached hydrogen (secondary N) is 2. The van der Waals surface area contributed by atoms with Gasteiger partial charge in [0, 0.05) is 11.9 Å². The van der Waals surface area contributed by atoms with Gasteiger partial charge >= 0.3 is 0 Å². The van der Waals surface area contributed by atoms with Gasteiger partial charge in [0.2, 0.25) is 0 Å². The summed E-state index contributed by atoms with van der Waals surface area (Å²) in [6.07, 6.45) is 1.44. The Labute approximate surface area is 166 Å². The Kier molecular flexibility index (Phi) is 5.65. The predicted molar refractivity (Wildman–Crippen MR) is 106 cm³/mol. The molecule has 6 nitrogen and oxygen atoms in total. The molecule has 0 aliphatic carbocycles. The zero-order valence-electron chi connectivity index (χ0n) is 13.7. The Morgan fingerprint density at radius 3 is 2.30 bits per heavy atom. The van der Waals surface area contributed by atoms with Crippen molar-refractivity contribution in [3.05, 3.63) is 82.5 Å². The SMILES string of the molecule is O=C(Nc1ccccc1)c1cc(S(=O)(=O)Nc2ccccn2)c(Cl)cc1Cl. The van der Waals surface area contributed by atoms with Crippen LogP contribution in [0.15, 0.2) is 71.8 Å². The van der Waals surface area contributed by atoms with Gasteiger partial charge in [0.15, 0.2) is 0 Å². The molecule has 0 bridgehead atoms. The van der Waals surface area contributed by atoms with E-state index in [-0.39, 0.29) is 26.3 Å². The molecule has 0 saturated heterocycles. The summed E-state index contributed by atoms with van der Waals surface area (Å²) in [5, 5.41) is 2.57. The van der Waals surface area contributed by atoms with Crippen molar-refractivity contribution in [2.24, 2.45) is 0 Å². The van der Waals surface area contributed by atoms with E-state index < -0.39 is 15.9 Å². The number of nitrogens with zero attached hydrogens (tertiary/aromatic N) is 1. The van der Waals surface area contributed by atoms with E-state index in [9.17, 15) is 13.2 Å². The van der Waals surface area contributed by atoms with E-state index in [1.807, 2.05) is 0 Å². The second-order valence-corrected chi connectivity index (χ2v) is 7.87. The van der Waals surface area contributed by atoms with Gasteiger partial charge in [-0.05, 0) is 36.4 Å². The molecule has 0 saturated carbocycles. The smallest absolute Gasteiger partial charge is 0.264 e. The third-order valence-corrected chi connectivity index (χ3v) is 5.62. The number of benzene rings is 2. The fourth-order valence-corrected chi connectivity index (χ4v) is 4.11. The highest BCUT2D eigenvalue weighted by Gasteiger charge is 2.23. The largest absolute Gasteiger partial charge is 0.322 e. The molecule has 0 spiro atoms. The van der Waals surface area contributed by atoms with Crippen molar-refractivity contribution in [1.82, 2.24) is 4.98 Å². The number of hydrogen-bond donors (Lipinski definition) is 2. The minimum atomic E-state index is -4.07. The zero-order chi connectivity index (χ0) is 19.4. The van der Waals surface area contributed by atoms with Crippen LogP contribution in [0.25, 0.3) is 0 Å². The highest BCUT2D eigenvalue weighted by atomic mass is 35.5. The fourth-order valence-electron chi connectivity index (χ4n) is 2.24. The van der Waals surface area contributed by atoms with Gasteiger partial charge in [0.25, 0.3) is 15.9 Å². The van der Waals surface area contributed by atoms with E-state index in [4.69, 9.17) is 23.2 Å². The van der Waals surface area contributed by atoms with E-state index >= 15 is 0 Å². The van der Waals surface area contributed by atoms with Crippen molar-refractivity contribution in [2.75, 3.05) is 10.0 Å². The van der Waals surface area contributed by atoms with Crippen LogP contribution in [0, 0.1) is 0 Å². The van der Waals surface area contributed by atoms with E-state index in [2.05, 4.69) is 15.0 Å². The third-order valence-electron chi connectivity index (χ3n) is 3.49.